The number of carbonyl (C=O) groups is 2. The number of likely N-dealkylation sites (N-methyl/N-ethyl adjacent to an activating group) is 1. The van der Waals surface area contributed by atoms with Gasteiger partial charge in [-0.05, 0) is 42.8 Å². The van der Waals surface area contributed by atoms with E-state index in [0.29, 0.717) is 22.7 Å². The molecule has 0 radical (unpaired) electrons. The van der Waals surface area contributed by atoms with Crippen molar-refractivity contribution in [2.75, 3.05) is 12.4 Å². The first-order valence-electron chi connectivity index (χ1n) is 10.1. The second-order valence-electron chi connectivity index (χ2n) is 7.57. The molecule has 0 fully saturated rings. The summed E-state index contributed by atoms with van der Waals surface area (Å²) >= 11 is 0. The van der Waals surface area contributed by atoms with Crippen molar-refractivity contribution in [1.82, 2.24) is 4.90 Å². The van der Waals surface area contributed by atoms with Gasteiger partial charge in [0.15, 0.2) is 17.8 Å². The van der Waals surface area contributed by atoms with Crippen molar-refractivity contribution in [3.63, 3.8) is 0 Å². The molecule has 5 nitrogen and oxygen atoms in total. The van der Waals surface area contributed by atoms with Crippen molar-refractivity contribution in [3.05, 3.63) is 107 Å². The van der Waals surface area contributed by atoms with Crippen LogP contribution in [0.25, 0.3) is 5.76 Å². The minimum absolute atomic E-state index is 0.0622. The van der Waals surface area contributed by atoms with Gasteiger partial charge in [0, 0.05) is 36.3 Å². The Balaban J connectivity index is 1.58. The van der Waals surface area contributed by atoms with Crippen molar-refractivity contribution in [2.24, 2.45) is 0 Å². The smallest absolute Gasteiger partial charge is 0.255 e. The lowest BCUT2D eigenvalue weighted by Crippen LogP contribution is -2.22. The molecule has 0 aromatic heterocycles. The van der Waals surface area contributed by atoms with E-state index >= 15 is 0 Å². The summed E-state index contributed by atoms with van der Waals surface area (Å²) in [4.78, 5) is 26.8. The Morgan fingerprint density at radius 1 is 0.903 bits per heavy atom. The molecule has 3 aromatic carbocycles. The maximum Gasteiger partial charge on any atom is 0.255 e. The highest BCUT2D eigenvalue weighted by molar-refractivity contribution is 6.05. The molecule has 1 heterocycles. The van der Waals surface area contributed by atoms with Crippen LogP contribution in [0, 0.1) is 6.92 Å². The maximum atomic E-state index is 12.6. The zero-order chi connectivity index (χ0) is 22.0. The van der Waals surface area contributed by atoms with Gasteiger partial charge in [-0.2, -0.15) is 0 Å². The van der Waals surface area contributed by atoms with Gasteiger partial charge in [0.2, 0.25) is 0 Å². The lowest BCUT2D eigenvalue weighted by molar-refractivity contribution is -0.115. The molecule has 0 spiro atoms. The molecule has 1 aliphatic rings. The third-order valence-electron chi connectivity index (χ3n) is 5.36. The van der Waals surface area contributed by atoms with E-state index in [1.54, 1.807) is 13.0 Å². The fraction of sp³-hybridized carbons (Fsp3) is 0.154. The van der Waals surface area contributed by atoms with E-state index < -0.39 is 0 Å². The predicted octanol–water partition coefficient (Wildman–Crippen LogP) is 5.17. The summed E-state index contributed by atoms with van der Waals surface area (Å²) in [6, 6.07) is 24.6. The van der Waals surface area contributed by atoms with Crippen LogP contribution in [0.2, 0.25) is 0 Å². The quantitative estimate of drug-likeness (QED) is 0.628. The third kappa shape index (κ3) is 4.08. The number of nitrogens with zero attached hydrogens (tertiary/aromatic N) is 1. The molecule has 1 N–H and O–H groups in total. The molecular formula is C26H24N2O3. The number of rotatable bonds is 5. The van der Waals surface area contributed by atoms with Gasteiger partial charge < -0.3 is 15.0 Å². The number of allylic oxidation sites excluding steroid dienone is 1. The second-order valence-corrected chi connectivity index (χ2v) is 7.57. The molecular weight excluding hydrogens is 388 g/mol. The number of hydrogen-bond acceptors (Lipinski definition) is 4. The van der Waals surface area contributed by atoms with Crippen LogP contribution in [0.4, 0.5) is 5.69 Å². The van der Waals surface area contributed by atoms with Gasteiger partial charge in [-0.3, -0.25) is 9.59 Å². The second kappa shape index (κ2) is 8.48. The minimum atomic E-state index is -0.365. The summed E-state index contributed by atoms with van der Waals surface area (Å²) in [6.45, 7) is 3.45. The van der Waals surface area contributed by atoms with Gasteiger partial charge >= 0.3 is 0 Å². The molecule has 156 valence electrons. The van der Waals surface area contributed by atoms with E-state index in [1.807, 2.05) is 91.7 Å². The van der Waals surface area contributed by atoms with Crippen LogP contribution in [0.1, 0.15) is 40.2 Å². The van der Waals surface area contributed by atoms with Crippen LogP contribution in [0.5, 0.6) is 0 Å². The minimum Gasteiger partial charge on any atom is -0.463 e. The monoisotopic (exact) mass is 412 g/mol. The molecule has 4 rings (SSSR count). The van der Waals surface area contributed by atoms with Crippen LogP contribution in [-0.4, -0.2) is 23.6 Å². The molecule has 3 aromatic rings. The molecule has 1 unspecified atom stereocenters. The molecule has 5 heteroatoms. The van der Waals surface area contributed by atoms with Crippen molar-refractivity contribution < 1.29 is 14.3 Å². The molecule has 1 aliphatic heterocycles. The van der Waals surface area contributed by atoms with E-state index in [0.717, 1.165) is 16.7 Å². The fourth-order valence-electron chi connectivity index (χ4n) is 3.78. The van der Waals surface area contributed by atoms with Gasteiger partial charge in [-0.15, -0.1) is 0 Å². The van der Waals surface area contributed by atoms with Crippen molar-refractivity contribution in [3.8, 4) is 0 Å². The highest BCUT2D eigenvalue weighted by Crippen LogP contribution is 2.40. The van der Waals surface area contributed by atoms with E-state index in [4.69, 9.17) is 4.74 Å². The van der Waals surface area contributed by atoms with Crippen LogP contribution < -0.4 is 5.32 Å². The van der Waals surface area contributed by atoms with Gasteiger partial charge in [0.25, 0.3) is 5.91 Å². The Kier molecular flexibility index (Phi) is 5.58. The molecule has 0 saturated heterocycles. The van der Waals surface area contributed by atoms with E-state index in [2.05, 4.69) is 5.32 Å². The van der Waals surface area contributed by atoms with Crippen molar-refractivity contribution >= 4 is 23.1 Å². The average Bonchev–Trinajstić information content (AvgIpc) is 3.12. The summed E-state index contributed by atoms with van der Waals surface area (Å²) in [5, 5.41) is 2.92. The summed E-state index contributed by atoms with van der Waals surface area (Å²) in [5.74, 6) is 0.323. The summed E-state index contributed by atoms with van der Waals surface area (Å²) < 4.78 is 6.22. The number of Topliss-reactive ketones (excluding diaryl/α,β-unsaturated/α-hetero) is 1. The highest BCUT2D eigenvalue weighted by Gasteiger charge is 2.34. The van der Waals surface area contributed by atoms with Crippen LogP contribution in [0.3, 0.4) is 0 Å². The molecule has 31 heavy (non-hydrogen) atoms. The summed E-state index contributed by atoms with van der Waals surface area (Å²) in [6.07, 6.45) is -0.365. The number of benzene rings is 3. The summed E-state index contributed by atoms with van der Waals surface area (Å²) in [5.41, 5.74) is 4.52. The summed E-state index contributed by atoms with van der Waals surface area (Å²) in [7, 11) is 1.86. The Morgan fingerprint density at radius 2 is 1.55 bits per heavy atom. The number of aryl methyl sites for hydroxylation is 1. The number of ketones is 1. The third-order valence-corrected chi connectivity index (χ3v) is 5.36. The first kappa shape index (κ1) is 20.4. The molecule has 1 atom stereocenters. The van der Waals surface area contributed by atoms with Gasteiger partial charge in [-0.25, -0.2) is 0 Å². The number of ether oxygens (including phenoxy) is 1. The number of anilines is 1. The topological polar surface area (TPSA) is 58.6 Å². The Labute approximate surface area is 182 Å². The molecule has 0 bridgehead atoms. The number of amides is 1. The predicted molar refractivity (Wildman–Crippen MR) is 121 cm³/mol. The van der Waals surface area contributed by atoms with Crippen LogP contribution >= 0.6 is 0 Å². The van der Waals surface area contributed by atoms with Crippen molar-refractivity contribution in [2.45, 2.75) is 20.1 Å². The SMILES string of the molecule is CC(=O)C1=C(c2ccc(NC(=O)c3ccccc3C)cc2)OC(c2ccccc2)N1C. The maximum absolute atomic E-state index is 12.6. The number of carbonyl (C=O) groups excluding carboxylic acids is 2. The van der Waals surface area contributed by atoms with Crippen LogP contribution in [-0.2, 0) is 9.53 Å². The van der Waals surface area contributed by atoms with E-state index in [-0.39, 0.29) is 17.9 Å². The van der Waals surface area contributed by atoms with Crippen LogP contribution in [0.15, 0.2) is 84.6 Å². The lowest BCUT2D eigenvalue weighted by atomic mass is 10.1. The fourth-order valence-corrected chi connectivity index (χ4v) is 3.78. The lowest BCUT2D eigenvalue weighted by Gasteiger charge is -2.22. The normalized spacial score (nSPS) is 15.6. The standard InChI is InChI=1S/C26H24N2O3/c1-17-9-7-8-12-22(17)25(30)27-21-15-13-19(14-16-21)24-23(18(2)29)28(3)26(31-24)20-10-5-4-6-11-20/h4-16,26H,1-3H3,(H,27,30). The highest BCUT2D eigenvalue weighted by atomic mass is 16.5. The zero-order valence-electron chi connectivity index (χ0n) is 17.8. The molecule has 0 aliphatic carbocycles. The van der Waals surface area contributed by atoms with Crippen molar-refractivity contribution in [1.29, 1.82) is 0 Å². The van der Waals surface area contributed by atoms with Gasteiger partial charge in [0.1, 0.15) is 5.70 Å². The number of nitrogens with one attached hydrogen (secondary N) is 1. The molecule has 1 amide bonds. The van der Waals surface area contributed by atoms with E-state index in [1.165, 1.54) is 0 Å². The Bertz CT molecular complexity index is 1150. The number of hydrogen-bond donors (Lipinski definition) is 1. The molecule has 0 saturated carbocycles. The first-order valence-corrected chi connectivity index (χ1v) is 10.1. The first-order chi connectivity index (χ1) is 15.0. The Morgan fingerprint density at radius 3 is 2.19 bits per heavy atom. The van der Waals surface area contributed by atoms with E-state index in [9.17, 15) is 9.59 Å². The largest absolute Gasteiger partial charge is 0.463 e. The van der Waals surface area contributed by atoms with Gasteiger partial charge in [0.05, 0.1) is 0 Å². The zero-order valence-corrected chi connectivity index (χ0v) is 17.8. The van der Waals surface area contributed by atoms with Gasteiger partial charge in [-0.1, -0.05) is 48.5 Å². The Hall–Kier alpha value is -3.86. The average molecular weight is 412 g/mol.